The topological polar surface area (TPSA) is 44.1 Å². The van der Waals surface area contributed by atoms with Gasteiger partial charge in [-0.15, -0.1) is 0 Å². The molecule has 1 aromatic carbocycles. The number of hydrogen-bond acceptors (Lipinski definition) is 3. The molecule has 0 saturated heterocycles. The summed E-state index contributed by atoms with van der Waals surface area (Å²) in [6.07, 6.45) is 2.14. The molecule has 0 aliphatic carbocycles. The lowest BCUT2D eigenvalue weighted by molar-refractivity contribution is 0.0815. The summed E-state index contributed by atoms with van der Waals surface area (Å²) >= 11 is 0. The van der Waals surface area contributed by atoms with Crippen LogP contribution in [0.5, 0.6) is 0 Å². The first kappa shape index (κ1) is 14.9. The van der Waals surface area contributed by atoms with E-state index in [2.05, 4.69) is 24.7 Å². The quantitative estimate of drug-likeness (QED) is 0.466. The van der Waals surface area contributed by atoms with E-state index in [4.69, 9.17) is 4.74 Å². The summed E-state index contributed by atoms with van der Waals surface area (Å²) < 4.78 is 20.8. The number of rotatable bonds is 6. The van der Waals surface area contributed by atoms with Crippen molar-refractivity contribution in [2.75, 3.05) is 6.61 Å². The highest BCUT2D eigenvalue weighted by Crippen LogP contribution is 2.21. The standard InChI is InChI=1S/C14H19FN2O2Si/c1-20(2,3)7-6-19-10-17-14-11(9-18)4-5-13(15)12(14)8-16-17/h4-5,8-9H,6-7,10H2,1-3H3. The molecule has 0 N–H and O–H groups in total. The second kappa shape index (κ2) is 5.84. The van der Waals surface area contributed by atoms with Gasteiger partial charge in [-0.05, 0) is 18.2 Å². The number of ether oxygens (including phenoxy) is 1. The average Bonchev–Trinajstić information content (AvgIpc) is 2.79. The smallest absolute Gasteiger partial charge is 0.152 e. The zero-order valence-corrected chi connectivity index (χ0v) is 13.0. The van der Waals surface area contributed by atoms with Crippen molar-refractivity contribution < 1.29 is 13.9 Å². The van der Waals surface area contributed by atoms with Crippen LogP contribution in [0.2, 0.25) is 25.7 Å². The maximum Gasteiger partial charge on any atom is 0.152 e. The van der Waals surface area contributed by atoms with Crippen molar-refractivity contribution in [2.45, 2.75) is 32.4 Å². The lowest BCUT2D eigenvalue weighted by Crippen LogP contribution is -2.22. The van der Waals surface area contributed by atoms with Gasteiger partial charge in [-0.1, -0.05) is 19.6 Å². The van der Waals surface area contributed by atoms with Crippen LogP contribution in [-0.4, -0.2) is 30.7 Å². The fourth-order valence-electron chi connectivity index (χ4n) is 1.92. The Labute approximate surface area is 118 Å². The molecule has 0 amide bonds. The van der Waals surface area contributed by atoms with E-state index in [9.17, 15) is 9.18 Å². The molecule has 0 aliphatic rings. The summed E-state index contributed by atoms with van der Waals surface area (Å²) in [6.45, 7) is 7.72. The molecule has 0 atom stereocenters. The van der Waals surface area contributed by atoms with Gasteiger partial charge in [0.15, 0.2) is 6.29 Å². The van der Waals surface area contributed by atoms with Crippen molar-refractivity contribution in [3.8, 4) is 0 Å². The average molecular weight is 294 g/mol. The highest BCUT2D eigenvalue weighted by Gasteiger charge is 2.14. The highest BCUT2D eigenvalue weighted by atomic mass is 28.3. The largest absolute Gasteiger partial charge is 0.360 e. The van der Waals surface area contributed by atoms with Gasteiger partial charge in [0.1, 0.15) is 12.5 Å². The summed E-state index contributed by atoms with van der Waals surface area (Å²) in [6, 6.07) is 3.80. The third-order valence-corrected chi connectivity index (χ3v) is 4.82. The summed E-state index contributed by atoms with van der Waals surface area (Å²) in [5.74, 6) is -0.376. The van der Waals surface area contributed by atoms with Crippen molar-refractivity contribution in [1.82, 2.24) is 9.78 Å². The maximum absolute atomic E-state index is 13.7. The third kappa shape index (κ3) is 3.32. The first-order valence-electron chi connectivity index (χ1n) is 6.59. The molecule has 0 aliphatic heterocycles. The molecule has 0 saturated carbocycles. The van der Waals surface area contributed by atoms with Crippen LogP contribution in [0.4, 0.5) is 4.39 Å². The molecule has 0 fully saturated rings. The lowest BCUT2D eigenvalue weighted by Gasteiger charge is -2.15. The molecule has 6 heteroatoms. The molecule has 0 radical (unpaired) electrons. The number of aromatic nitrogens is 2. The Hall–Kier alpha value is -1.53. The molecule has 20 heavy (non-hydrogen) atoms. The SMILES string of the molecule is C[Si](C)(C)CCOCn1ncc2c(F)ccc(C=O)c21. The van der Waals surface area contributed by atoms with Crippen LogP contribution < -0.4 is 0 Å². The predicted molar refractivity (Wildman–Crippen MR) is 79.2 cm³/mol. The third-order valence-electron chi connectivity index (χ3n) is 3.12. The number of nitrogens with zero attached hydrogens (tertiary/aromatic N) is 2. The first-order chi connectivity index (χ1) is 9.42. The van der Waals surface area contributed by atoms with Gasteiger partial charge in [0, 0.05) is 20.2 Å². The minimum atomic E-state index is -1.13. The van der Waals surface area contributed by atoms with E-state index >= 15 is 0 Å². The van der Waals surface area contributed by atoms with Gasteiger partial charge in [-0.3, -0.25) is 4.79 Å². The van der Waals surface area contributed by atoms with Gasteiger partial charge >= 0.3 is 0 Å². The van der Waals surface area contributed by atoms with Gasteiger partial charge in [0.25, 0.3) is 0 Å². The number of carbonyl (C=O) groups is 1. The summed E-state index contributed by atoms with van der Waals surface area (Å²) in [4.78, 5) is 11.0. The molecule has 0 unspecified atom stereocenters. The number of carbonyl (C=O) groups excluding carboxylic acids is 1. The van der Waals surface area contributed by atoms with Crippen molar-refractivity contribution in [1.29, 1.82) is 0 Å². The van der Waals surface area contributed by atoms with E-state index in [0.717, 1.165) is 6.04 Å². The van der Waals surface area contributed by atoms with E-state index in [0.29, 0.717) is 29.4 Å². The zero-order valence-electron chi connectivity index (χ0n) is 12.0. The molecule has 4 nitrogen and oxygen atoms in total. The number of halogens is 1. The van der Waals surface area contributed by atoms with Crippen LogP contribution in [0.1, 0.15) is 10.4 Å². The van der Waals surface area contributed by atoms with E-state index in [1.165, 1.54) is 23.0 Å². The van der Waals surface area contributed by atoms with Gasteiger partial charge in [0.05, 0.1) is 17.1 Å². The van der Waals surface area contributed by atoms with E-state index < -0.39 is 8.07 Å². The van der Waals surface area contributed by atoms with Crippen LogP contribution in [0.3, 0.4) is 0 Å². The Bertz CT molecular complexity index is 619. The van der Waals surface area contributed by atoms with Crippen molar-refractivity contribution in [2.24, 2.45) is 0 Å². The van der Waals surface area contributed by atoms with Crippen molar-refractivity contribution in [3.05, 3.63) is 29.7 Å². The fraction of sp³-hybridized carbons (Fsp3) is 0.429. The summed E-state index contributed by atoms with van der Waals surface area (Å²) in [7, 11) is -1.13. The second-order valence-corrected chi connectivity index (χ2v) is 11.6. The number of aldehydes is 1. The molecule has 2 aromatic rings. The summed E-state index contributed by atoms with van der Waals surface area (Å²) in [5.41, 5.74) is 0.917. The van der Waals surface area contributed by atoms with Gasteiger partial charge < -0.3 is 4.74 Å². The predicted octanol–water partition coefficient (Wildman–Crippen LogP) is 3.30. The second-order valence-electron chi connectivity index (χ2n) is 6.01. The van der Waals surface area contributed by atoms with Gasteiger partial charge in [-0.25, -0.2) is 9.07 Å². The van der Waals surface area contributed by atoms with Crippen molar-refractivity contribution in [3.63, 3.8) is 0 Å². The monoisotopic (exact) mass is 294 g/mol. The molecule has 2 rings (SSSR count). The zero-order chi connectivity index (χ0) is 14.8. The van der Waals surface area contributed by atoms with Crippen LogP contribution in [0.15, 0.2) is 18.3 Å². The number of fused-ring (bicyclic) bond motifs is 1. The Morgan fingerprint density at radius 1 is 1.40 bits per heavy atom. The van der Waals surface area contributed by atoms with Crippen LogP contribution in [0.25, 0.3) is 10.9 Å². The molecule has 1 heterocycles. The fourth-order valence-corrected chi connectivity index (χ4v) is 2.68. The maximum atomic E-state index is 13.7. The molecular weight excluding hydrogens is 275 g/mol. The van der Waals surface area contributed by atoms with Gasteiger partial charge in [-0.2, -0.15) is 5.10 Å². The highest BCUT2D eigenvalue weighted by molar-refractivity contribution is 6.76. The Morgan fingerprint density at radius 3 is 2.80 bits per heavy atom. The van der Waals surface area contributed by atoms with E-state index in [1.54, 1.807) is 0 Å². The minimum Gasteiger partial charge on any atom is -0.360 e. The first-order valence-corrected chi connectivity index (χ1v) is 10.3. The Balaban J connectivity index is 2.15. The van der Waals surface area contributed by atoms with E-state index in [-0.39, 0.29) is 12.5 Å². The molecular formula is C14H19FN2O2Si. The Morgan fingerprint density at radius 2 is 2.15 bits per heavy atom. The summed E-state index contributed by atoms with van der Waals surface area (Å²) in [5, 5.41) is 4.45. The molecule has 0 bridgehead atoms. The minimum absolute atomic E-state index is 0.234. The van der Waals surface area contributed by atoms with Crippen LogP contribution >= 0.6 is 0 Å². The van der Waals surface area contributed by atoms with Crippen LogP contribution in [0, 0.1) is 5.82 Å². The van der Waals surface area contributed by atoms with Crippen molar-refractivity contribution >= 4 is 25.3 Å². The van der Waals surface area contributed by atoms with E-state index in [1.807, 2.05) is 0 Å². The van der Waals surface area contributed by atoms with Crippen LogP contribution in [-0.2, 0) is 11.5 Å². The Kier molecular flexibility index (Phi) is 4.34. The number of hydrogen-bond donors (Lipinski definition) is 0. The molecule has 0 spiro atoms. The number of benzene rings is 1. The molecule has 1 aromatic heterocycles. The molecule has 108 valence electrons. The normalized spacial score (nSPS) is 12.0. The lowest BCUT2D eigenvalue weighted by atomic mass is 10.1. The van der Waals surface area contributed by atoms with Gasteiger partial charge in [0.2, 0.25) is 0 Å².